The largest absolute Gasteiger partial charge is 0.490 e. The van der Waals surface area contributed by atoms with Gasteiger partial charge in [0.15, 0.2) is 5.17 Å². The summed E-state index contributed by atoms with van der Waals surface area (Å²) >= 11 is 4.55. The van der Waals surface area contributed by atoms with E-state index in [0.717, 1.165) is 15.8 Å². The molecule has 7 heteroatoms. The highest BCUT2D eigenvalue weighted by Gasteiger charge is 2.19. The highest BCUT2D eigenvalue weighted by atomic mass is 79.9. The number of carbonyl (C=O) groups is 1. The Labute approximate surface area is 158 Å². The predicted molar refractivity (Wildman–Crippen MR) is 104 cm³/mol. The summed E-state index contributed by atoms with van der Waals surface area (Å²) in [5.41, 5.74) is 6.40. The Morgan fingerprint density at radius 1 is 1.08 bits per heavy atom. The maximum atomic E-state index is 11.6. The highest BCUT2D eigenvalue weighted by Crippen LogP contribution is 2.27. The second kappa shape index (κ2) is 8.22. The smallest absolute Gasteiger partial charge is 0.286 e. The van der Waals surface area contributed by atoms with Crippen LogP contribution in [0.4, 0.5) is 0 Å². The van der Waals surface area contributed by atoms with Gasteiger partial charge >= 0.3 is 0 Å². The first-order chi connectivity index (χ1) is 12.1. The van der Waals surface area contributed by atoms with E-state index in [9.17, 15) is 4.79 Å². The van der Waals surface area contributed by atoms with Crippen molar-refractivity contribution in [2.75, 3.05) is 13.2 Å². The van der Waals surface area contributed by atoms with Gasteiger partial charge in [-0.05, 0) is 59.8 Å². The zero-order chi connectivity index (χ0) is 17.6. The lowest BCUT2D eigenvalue weighted by Crippen LogP contribution is -2.08. The molecule has 1 aliphatic rings. The number of hydrogen-bond donors (Lipinski definition) is 1. The van der Waals surface area contributed by atoms with Gasteiger partial charge in [-0.1, -0.05) is 28.1 Å². The molecule has 0 unspecified atom stereocenters. The van der Waals surface area contributed by atoms with E-state index in [4.69, 9.17) is 15.2 Å². The van der Waals surface area contributed by atoms with Crippen molar-refractivity contribution in [3.8, 4) is 11.5 Å². The fourth-order valence-corrected chi connectivity index (χ4v) is 3.07. The van der Waals surface area contributed by atoms with Gasteiger partial charge in [0.25, 0.3) is 5.91 Å². The Hall–Kier alpha value is -2.25. The van der Waals surface area contributed by atoms with Gasteiger partial charge in [-0.25, -0.2) is 0 Å². The molecule has 1 amide bonds. The number of thioether (sulfide) groups is 1. The van der Waals surface area contributed by atoms with E-state index >= 15 is 0 Å². The Balaban J connectivity index is 1.53. The zero-order valence-corrected chi connectivity index (χ0v) is 15.5. The van der Waals surface area contributed by atoms with Crippen LogP contribution in [-0.2, 0) is 4.79 Å². The summed E-state index contributed by atoms with van der Waals surface area (Å²) in [5, 5.41) is 0.272. The molecule has 5 nitrogen and oxygen atoms in total. The number of benzene rings is 2. The number of nitrogens with zero attached hydrogens (tertiary/aromatic N) is 1. The molecule has 2 aromatic carbocycles. The molecule has 0 spiro atoms. The molecule has 0 atom stereocenters. The van der Waals surface area contributed by atoms with Crippen molar-refractivity contribution in [2.24, 2.45) is 10.7 Å². The van der Waals surface area contributed by atoms with Crippen molar-refractivity contribution >= 4 is 44.8 Å². The van der Waals surface area contributed by atoms with Crippen LogP contribution < -0.4 is 15.2 Å². The number of ether oxygens (including phenoxy) is 2. The molecule has 3 rings (SSSR count). The first-order valence-electron chi connectivity index (χ1n) is 7.49. The first kappa shape index (κ1) is 17.6. The van der Waals surface area contributed by atoms with Crippen molar-refractivity contribution in [1.29, 1.82) is 0 Å². The maximum absolute atomic E-state index is 11.6. The third-order valence-electron chi connectivity index (χ3n) is 3.23. The van der Waals surface area contributed by atoms with Gasteiger partial charge in [0.05, 0.1) is 4.91 Å². The molecule has 1 heterocycles. The number of hydrogen-bond acceptors (Lipinski definition) is 5. The molecule has 0 fully saturated rings. The minimum absolute atomic E-state index is 0.272. The maximum Gasteiger partial charge on any atom is 0.286 e. The molecule has 0 saturated carbocycles. The molecule has 0 aliphatic carbocycles. The van der Waals surface area contributed by atoms with Gasteiger partial charge in [-0.15, -0.1) is 0 Å². The number of aliphatic imine (C=N–C) groups is 1. The Bertz CT molecular complexity index is 834. The SMILES string of the molecule is NC1=NC(=O)/C(=C\c2cccc(OCCOc3ccc(Br)cc3)c2)S1. The third-order valence-corrected chi connectivity index (χ3v) is 4.57. The average molecular weight is 419 g/mol. The Kier molecular flexibility index (Phi) is 5.78. The summed E-state index contributed by atoms with van der Waals surface area (Å²) in [7, 11) is 0. The summed E-state index contributed by atoms with van der Waals surface area (Å²) < 4.78 is 12.3. The van der Waals surface area contributed by atoms with Crippen LogP contribution in [0, 0.1) is 0 Å². The van der Waals surface area contributed by atoms with E-state index in [-0.39, 0.29) is 11.1 Å². The van der Waals surface area contributed by atoms with E-state index in [2.05, 4.69) is 20.9 Å². The molecule has 2 N–H and O–H groups in total. The van der Waals surface area contributed by atoms with Gasteiger partial charge in [-0.3, -0.25) is 4.79 Å². The molecule has 0 aromatic heterocycles. The number of rotatable bonds is 6. The number of carbonyl (C=O) groups excluding carboxylic acids is 1. The van der Waals surface area contributed by atoms with E-state index < -0.39 is 0 Å². The van der Waals surface area contributed by atoms with Crippen molar-refractivity contribution in [3.05, 3.63) is 63.5 Å². The summed E-state index contributed by atoms with van der Waals surface area (Å²) in [6.07, 6.45) is 1.75. The number of nitrogens with two attached hydrogens (primary N) is 1. The molecular weight excluding hydrogens is 404 g/mol. The van der Waals surface area contributed by atoms with E-state index in [0.29, 0.717) is 23.9 Å². The summed E-state index contributed by atoms with van der Waals surface area (Å²) in [6, 6.07) is 15.1. The van der Waals surface area contributed by atoms with Crippen molar-refractivity contribution < 1.29 is 14.3 Å². The molecule has 1 aliphatic heterocycles. The quantitative estimate of drug-likeness (QED) is 0.569. The number of halogens is 1. The van der Waals surface area contributed by atoms with E-state index in [1.54, 1.807) is 6.08 Å². The predicted octanol–water partition coefficient (Wildman–Crippen LogP) is 3.84. The topological polar surface area (TPSA) is 73.9 Å². The van der Waals surface area contributed by atoms with Crippen LogP contribution in [0.5, 0.6) is 11.5 Å². The molecule has 2 aromatic rings. The lowest BCUT2D eigenvalue weighted by atomic mass is 10.2. The lowest BCUT2D eigenvalue weighted by molar-refractivity contribution is -0.113. The van der Waals surface area contributed by atoms with Crippen molar-refractivity contribution in [3.63, 3.8) is 0 Å². The van der Waals surface area contributed by atoms with Crippen LogP contribution in [-0.4, -0.2) is 24.3 Å². The molecule has 128 valence electrons. The second-order valence-corrected chi connectivity index (χ2v) is 7.07. The van der Waals surface area contributed by atoms with Gasteiger partial charge in [-0.2, -0.15) is 4.99 Å². The van der Waals surface area contributed by atoms with Crippen molar-refractivity contribution in [2.45, 2.75) is 0 Å². The van der Waals surface area contributed by atoms with Crippen molar-refractivity contribution in [1.82, 2.24) is 0 Å². The van der Waals surface area contributed by atoms with Gasteiger partial charge in [0.2, 0.25) is 0 Å². The van der Waals surface area contributed by atoms with Gasteiger partial charge < -0.3 is 15.2 Å². The lowest BCUT2D eigenvalue weighted by Gasteiger charge is -2.09. The van der Waals surface area contributed by atoms with Crippen LogP contribution in [0.1, 0.15) is 5.56 Å². The highest BCUT2D eigenvalue weighted by molar-refractivity contribution is 9.10. The number of amides is 1. The molecule has 0 bridgehead atoms. The summed E-state index contributed by atoms with van der Waals surface area (Å²) in [4.78, 5) is 15.8. The Morgan fingerprint density at radius 2 is 1.80 bits per heavy atom. The monoisotopic (exact) mass is 418 g/mol. The minimum Gasteiger partial charge on any atom is -0.490 e. The summed E-state index contributed by atoms with van der Waals surface area (Å²) in [5.74, 6) is 1.19. The summed E-state index contributed by atoms with van der Waals surface area (Å²) in [6.45, 7) is 0.853. The van der Waals surface area contributed by atoms with Gasteiger partial charge in [0, 0.05) is 4.47 Å². The van der Waals surface area contributed by atoms with Crippen LogP contribution in [0.25, 0.3) is 6.08 Å². The van der Waals surface area contributed by atoms with E-state index in [1.807, 2.05) is 48.5 Å². The molecule has 25 heavy (non-hydrogen) atoms. The molecular formula is C18H15BrN2O3S. The van der Waals surface area contributed by atoms with Crippen LogP contribution in [0.3, 0.4) is 0 Å². The van der Waals surface area contributed by atoms with Gasteiger partial charge in [0.1, 0.15) is 24.7 Å². The number of amidine groups is 1. The first-order valence-corrected chi connectivity index (χ1v) is 9.10. The molecule has 0 saturated heterocycles. The van der Waals surface area contributed by atoms with Crippen LogP contribution in [0.2, 0.25) is 0 Å². The normalized spacial score (nSPS) is 15.3. The van der Waals surface area contributed by atoms with Crippen LogP contribution >= 0.6 is 27.7 Å². The minimum atomic E-state index is -0.309. The van der Waals surface area contributed by atoms with Crippen LogP contribution in [0.15, 0.2) is 62.9 Å². The van der Waals surface area contributed by atoms with E-state index in [1.165, 1.54) is 11.8 Å². The molecule has 0 radical (unpaired) electrons. The third kappa shape index (κ3) is 5.11. The standard InChI is InChI=1S/C18H15BrN2O3S/c19-13-4-6-14(7-5-13)23-8-9-24-15-3-1-2-12(10-15)11-16-17(22)21-18(20)25-16/h1-7,10-11H,8-9H2,(H2,20,21,22)/b16-11+. The fraction of sp³-hybridized carbons (Fsp3) is 0.111. The zero-order valence-electron chi connectivity index (χ0n) is 13.1. The Morgan fingerprint density at radius 3 is 2.48 bits per heavy atom. The second-order valence-electron chi connectivity index (χ2n) is 5.09. The average Bonchev–Trinajstić information content (AvgIpc) is 2.91. The fourth-order valence-electron chi connectivity index (χ4n) is 2.12.